The molecule has 2 heterocycles. The van der Waals surface area contributed by atoms with E-state index in [1.807, 2.05) is 6.92 Å². The average molecular weight is 515 g/mol. The Morgan fingerprint density at radius 3 is 2.42 bits per heavy atom. The molecular formula is C23H20N2O7Se. The summed E-state index contributed by atoms with van der Waals surface area (Å²) in [5, 5.41) is 0. The Kier molecular flexibility index (Phi) is 6.24. The number of benzene rings is 2. The van der Waals surface area contributed by atoms with Gasteiger partial charge < -0.3 is 0 Å². The summed E-state index contributed by atoms with van der Waals surface area (Å²) >= 11 is -4.93. The molecule has 9 nitrogen and oxygen atoms in total. The van der Waals surface area contributed by atoms with E-state index in [9.17, 15) is 22.1 Å². The predicted octanol–water partition coefficient (Wildman–Crippen LogP) is 1.28. The summed E-state index contributed by atoms with van der Waals surface area (Å²) in [5.41, 5.74) is -0.0628. The molecule has 3 aromatic rings. The molecule has 0 saturated heterocycles. The Hall–Kier alpha value is -3.59. The number of aromatic amines is 1. The molecule has 0 radical (unpaired) electrons. The Bertz CT molecular complexity index is 1420. The molecule has 2 aromatic carbocycles. The van der Waals surface area contributed by atoms with Crippen molar-refractivity contribution in [2.45, 2.75) is 19.3 Å². The topological polar surface area (TPSA) is 125 Å². The molecule has 1 aromatic heterocycles. The number of hydrogen-bond acceptors (Lipinski definition) is 7. The zero-order valence-corrected chi connectivity index (χ0v) is 19.2. The van der Waals surface area contributed by atoms with E-state index in [0.717, 1.165) is 16.2 Å². The van der Waals surface area contributed by atoms with Gasteiger partial charge in [0, 0.05) is 0 Å². The van der Waals surface area contributed by atoms with Crippen molar-refractivity contribution in [3.63, 3.8) is 0 Å². The molecule has 1 aliphatic rings. The fourth-order valence-electron chi connectivity index (χ4n) is 3.34. The quantitative estimate of drug-likeness (QED) is 0.387. The molecule has 0 amide bonds. The fourth-order valence-corrected chi connectivity index (χ4v) is 6.60. The molecule has 0 aliphatic carbocycles. The molecular weight excluding hydrogens is 495 g/mol. The van der Waals surface area contributed by atoms with Crippen molar-refractivity contribution in [2.24, 2.45) is 0 Å². The summed E-state index contributed by atoms with van der Waals surface area (Å²) in [5.74, 6) is -0.631. The molecule has 10 heteroatoms. The number of ether oxygens (including phenoxy) is 2. The third-order valence-corrected chi connectivity index (χ3v) is 9.08. The number of aromatic nitrogens is 2. The zero-order chi connectivity index (χ0) is 23.6. The Morgan fingerprint density at radius 1 is 1.06 bits per heavy atom. The molecule has 0 unspecified atom stereocenters. The number of hydrogen-bond donors (Lipinski definition) is 1. The summed E-state index contributed by atoms with van der Waals surface area (Å²) in [4.78, 5) is 38.1. The van der Waals surface area contributed by atoms with Gasteiger partial charge in [-0.2, -0.15) is 0 Å². The zero-order valence-electron chi connectivity index (χ0n) is 17.5. The van der Waals surface area contributed by atoms with Crippen LogP contribution in [0.25, 0.3) is 0 Å². The number of aryl methyl sites for hydroxylation is 1. The van der Waals surface area contributed by atoms with Crippen LogP contribution in [0.5, 0.6) is 0 Å². The second kappa shape index (κ2) is 9.11. The van der Waals surface area contributed by atoms with Crippen molar-refractivity contribution in [1.29, 1.82) is 0 Å². The van der Waals surface area contributed by atoms with E-state index in [2.05, 4.69) is 4.98 Å². The molecule has 0 saturated carbocycles. The van der Waals surface area contributed by atoms with Gasteiger partial charge in [0.25, 0.3) is 0 Å². The average Bonchev–Trinajstić information content (AvgIpc) is 3.23. The predicted molar refractivity (Wildman–Crippen MR) is 118 cm³/mol. The van der Waals surface area contributed by atoms with Crippen LogP contribution in [0.4, 0.5) is 0 Å². The van der Waals surface area contributed by atoms with Gasteiger partial charge in [0.15, 0.2) is 0 Å². The van der Waals surface area contributed by atoms with Gasteiger partial charge in [-0.25, -0.2) is 0 Å². The van der Waals surface area contributed by atoms with Crippen LogP contribution in [0.2, 0.25) is 0 Å². The normalized spacial score (nSPS) is 18.0. The van der Waals surface area contributed by atoms with E-state index in [4.69, 9.17) is 9.47 Å². The van der Waals surface area contributed by atoms with Crippen molar-refractivity contribution in [3.8, 4) is 0 Å². The van der Waals surface area contributed by atoms with Gasteiger partial charge in [0.05, 0.1) is 0 Å². The standard InChI is InChI=1S/C23H20N2O7Se/c1-15-7-9-16(10-8-15)22(27)31-14-18-19(33(29,30)17-5-3-2-4-6-17)13-21(32-18)25-12-11-20(26)24-23(25)28/h2-13,18,21H,14H2,1H3,(H,24,26,28)/t18-,21-/m1/s1. The molecule has 0 fully saturated rings. The van der Waals surface area contributed by atoms with Crippen LogP contribution in [-0.4, -0.2) is 40.9 Å². The first-order chi connectivity index (χ1) is 15.8. The summed E-state index contributed by atoms with van der Waals surface area (Å²) in [6.45, 7) is 1.51. The third-order valence-electron chi connectivity index (χ3n) is 5.07. The Balaban J connectivity index is 1.65. The number of carbonyl (C=O) groups excluding carboxylic acids is 1. The Morgan fingerprint density at radius 2 is 1.76 bits per heavy atom. The molecule has 1 N–H and O–H groups in total. The van der Waals surface area contributed by atoms with Crippen LogP contribution >= 0.6 is 0 Å². The van der Waals surface area contributed by atoms with Gasteiger partial charge in [0.1, 0.15) is 0 Å². The van der Waals surface area contributed by atoms with E-state index in [0.29, 0.717) is 5.56 Å². The molecule has 0 bridgehead atoms. The SMILES string of the molecule is Cc1ccc(C(=O)OC[C@H]2O[C@@H](n3ccc(=O)[nH]c3=O)C=C2[Se](=O)(=O)c2ccccc2)cc1. The maximum absolute atomic E-state index is 13.4. The van der Waals surface area contributed by atoms with Crippen molar-refractivity contribution in [2.75, 3.05) is 6.61 Å². The number of nitrogens with one attached hydrogen (secondary N) is 1. The summed E-state index contributed by atoms with van der Waals surface area (Å²) < 4.78 is 38.9. The van der Waals surface area contributed by atoms with E-state index in [1.54, 1.807) is 42.5 Å². The Labute approximate surface area is 189 Å². The maximum atomic E-state index is 13.4. The first kappa shape index (κ1) is 22.6. The number of H-pyrrole nitrogens is 1. The van der Waals surface area contributed by atoms with Gasteiger partial charge in [-0.15, -0.1) is 0 Å². The molecule has 0 spiro atoms. The van der Waals surface area contributed by atoms with Gasteiger partial charge in [-0.05, 0) is 0 Å². The number of carbonyl (C=O) groups is 1. The van der Waals surface area contributed by atoms with E-state index >= 15 is 0 Å². The number of esters is 1. The van der Waals surface area contributed by atoms with Crippen molar-refractivity contribution in [1.82, 2.24) is 9.55 Å². The fraction of sp³-hybridized carbons (Fsp3) is 0.174. The molecule has 33 heavy (non-hydrogen) atoms. The van der Waals surface area contributed by atoms with Crippen molar-refractivity contribution >= 4 is 23.1 Å². The van der Waals surface area contributed by atoms with Gasteiger partial charge in [0.2, 0.25) is 0 Å². The molecule has 2 atom stereocenters. The van der Waals surface area contributed by atoms with Crippen LogP contribution in [0.3, 0.4) is 0 Å². The van der Waals surface area contributed by atoms with Crippen LogP contribution in [0.15, 0.2) is 87.0 Å². The van der Waals surface area contributed by atoms with Crippen LogP contribution in [0.1, 0.15) is 22.1 Å². The second-order valence-electron chi connectivity index (χ2n) is 7.38. The summed E-state index contributed by atoms with van der Waals surface area (Å²) in [7, 11) is 0. The number of rotatable bonds is 6. The number of nitrogens with zero attached hydrogens (tertiary/aromatic N) is 1. The van der Waals surface area contributed by atoms with Crippen LogP contribution in [-0.2, 0) is 17.1 Å². The van der Waals surface area contributed by atoms with Gasteiger partial charge in [-0.3, -0.25) is 0 Å². The molecule has 170 valence electrons. The first-order valence-electron chi connectivity index (χ1n) is 9.98. The molecule has 4 rings (SSSR count). The van der Waals surface area contributed by atoms with E-state index in [-0.39, 0.29) is 15.5 Å². The minimum absolute atomic E-state index is 0.0720. The minimum atomic E-state index is -4.93. The van der Waals surface area contributed by atoms with E-state index in [1.165, 1.54) is 24.4 Å². The van der Waals surface area contributed by atoms with Gasteiger partial charge >= 0.3 is 190 Å². The molecule has 1 aliphatic heterocycles. The van der Waals surface area contributed by atoms with Gasteiger partial charge in [-0.1, -0.05) is 0 Å². The van der Waals surface area contributed by atoms with Crippen molar-refractivity contribution < 1.29 is 21.9 Å². The first-order valence-corrected chi connectivity index (χ1v) is 13.1. The van der Waals surface area contributed by atoms with Crippen LogP contribution in [0, 0.1) is 6.92 Å². The summed E-state index contributed by atoms with van der Waals surface area (Å²) in [6, 6.07) is 15.7. The second-order valence-corrected chi connectivity index (χ2v) is 11.5. The monoisotopic (exact) mass is 516 g/mol. The van der Waals surface area contributed by atoms with E-state index < -0.39 is 42.3 Å². The van der Waals surface area contributed by atoms with Crippen LogP contribution < -0.4 is 15.7 Å². The summed E-state index contributed by atoms with van der Waals surface area (Å²) in [6.07, 6.45) is 0.287. The third kappa shape index (κ3) is 4.78. The van der Waals surface area contributed by atoms with Crippen molar-refractivity contribution in [3.05, 3.63) is 109 Å².